The number of benzene rings is 2. The number of hydrogen-bond acceptors (Lipinski definition) is 3. The van der Waals surface area contributed by atoms with Crippen LogP contribution in [0.3, 0.4) is 0 Å². The zero-order valence-corrected chi connectivity index (χ0v) is 28.5. The molecule has 2 rings (SSSR count). The molecule has 0 aliphatic heterocycles. The van der Waals surface area contributed by atoms with Crippen LogP contribution in [-0.4, -0.2) is 26.5 Å². The average molecular weight is 671 g/mol. The van der Waals surface area contributed by atoms with Gasteiger partial charge in [-0.15, -0.1) is 6.42 Å². The molecule has 0 spiro atoms. The lowest BCUT2D eigenvalue weighted by molar-refractivity contribution is -0.148. The summed E-state index contributed by atoms with van der Waals surface area (Å²) in [6.45, 7) is 15.2. The normalized spacial score (nSPS) is 15.7. The minimum Gasteiger partial charge on any atom is -0.457 e. The molecular formula is C35H47IO3Si. The lowest BCUT2D eigenvalue weighted by Gasteiger charge is -2.45. The van der Waals surface area contributed by atoms with E-state index in [1.807, 2.05) is 17.9 Å². The van der Waals surface area contributed by atoms with Crippen LogP contribution in [0.25, 0.3) is 0 Å². The first-order valence-corrected chi connectivity index (χ1v) is 17.5. The maximum absolute atomic E-state index is 12.7. The third kappa shape index (κ3) is 9.19. The number of halogens is 1. The van der Waals surface area contributed by atoms with Gasteiger partial charge in [0.05, 0.1) is 5.92 Å². The number of hydrogen-bond donors (Lipinski definition) is 0. The van der Waals surface area contributed by atoms with Gasteiger partial charge in [0.25, 0.3) is 8.32 Å². The fourth-order valence-electron chi connectivity index (χ4n) is 5.19. The highest BCUT2D eigenvalue weighted by Crippen LogP contribution is 2.38. The van der Waals surface area contributed by atoms with Gasteiger partial charge in [-0.3, -0.25) is 4.79 Å². The molecule has 0 unspecified atom stereocenters. The largest absolute Gasteiger partial charge is 0.457 e. The van der Waals surface area contributed by atoms with Gasteiger partial charge in [-0.05, 0) is 71.0 Å². The molecule has 0 N–H and O–H groups in total. The number of carbonyl (C=O) groups excluding carboxylic acids is 1. The SMILES string of the molecule is C#C[C@H](C)[C@@H](OC(=O)CCCC/C=C/I)/C(C)=C/[C@H](C)[C@@H](C)O[Si](c1ccccc1)(c1ccccc1)C(C)(C)C. The monoisotopic (exact) mass is 670 g/mol. The number of esters is 1. The second-order valence-corrected chi connectivity index (χ2v) is 16.7. The van der Waals surface area contributed by atoms with Crippen molar-refractivity contribution < 1.29 is 14.0 Å². The summed E-state index contributed by atoms with van der Waals surface area (Å²) in [5.74, 6) is 2.45. The fourth-order valence-corrected chi connectivity index (χ4v) is 10.3. The smallest absolute Gasteiger partial charge is 0.306 e. The molecule has 2 aromatic rings. The average Bonchev–Trinajstić information content (AvgIpc) is 2.94. The molecule has 4 atom stereocenters. The van der Waals surface area contributed by atoms with Gasteiger partial charge < -0.3 is 9.16 Å². The Hall–Kier alpha value is -2.14. The van der Waals surface area contributed by atoms with E-state index in [0.717, 1.165) is 24.8 Å². The van der Waals surface area contributed by atoms with Crippen LogP contribution in [0.5, 0.6) is 0 Å². The maximum Gasteiger partial charge on any atom is 0.306 e. The lowest BCUT2D eigenvalue weighted by atomic mass is 9.94. The molecule has 0 aliphatic rings. The van der Waals surface area contributed by atoms with Crippen molar-refractivity contribution in [2.75, 3.05) is 0 Å². The molecule has 0 radical (unpaired) electrons. The minimum atomic E-state index is -2.69. The van der Waals surface area contributed by atoms with Crippen molar-refractivity contribution in [3.05, 3.63) is 82.5 Å². The Morgan fingerprint density at radius 1 is 1.00 bits per heavy atom. The van der Waals surface area contributed by atoms with Crippen LogP contribution in [0.4, 0.5) is 0 Å². The summed E-state index contributed by atoms with van der Waals surface area (Å²) in [6, 6.07) is 21.4. The Kier molecular flexibility index (Phi) is 13.9. The van der Waals surface area contributed by atoms with E-state index in [0.29, 0.717) is 6.42 Å². The van der Waals surface area contributed by atoms with Crippen molar-refractivity contribution in [2.24, 2.45) is 11.8 Å². The molecule has 0 amide bonds. The lowest BCUT2D eigenvalue weighted by Crippen LogP contribution is -2.67. The summed E-state index contributed by atoms with van der Waals surface area (Å²) in [5, 5.41) is 2.41. The molecule has 2 aromatic carbocycles. The Labute approximate surface area is 258 Å². The highest BCUT2D eigenvalue weighted by Gasteiger charge is 2.51. The van der Waals surface area contributed by atoms with E-state index in [2.05, 4.69) is 136 Å². The van der Waals surface area contributed by atoms with E-state index in [-0.39, 0.29) is 28.9 Å². The predicted molar refractivity (Wildman–Crippen MR) is 181 cm³/mol. The van der Waals surface area contributed by atoms with E-state index < -0.39 is 14.4 Å². The number of rotatable bonds is 14. The third-order valence-corrected chi connectivity index (χ3v) is 13.2. The highest BCUT2D eigenvalue weighted by molar-refractivity contribution is 14.1. The van der Waals surface area contributed by atoms with Gasteiger partial charge in [-0.25, -0.2) is 0 Å². The predicted octanol–water partition coefficient (Wildman–Crippen LogP) is 8.22. The fraction of sp³-hybridized carbons (Fsp3) is 0.457. The van der Waals surface area contributed by atoms with E-state index >= 15 is 0 Å². The first kappa shape index (κ1) is 34.1. The van der Waals surface area contributed by atoms with Crippen molar-refractivity contribution in [1.29, 1.82) is 0 Å². The standard InChI is InChI=1S/C35H47IO3Si/c1-9-27(2)34(38-33(37)24-18-10-11-19-25-36)29(4)26-28(3)30(5)39-40(35(6,7)8,31-20-14-12-15-21-31)32-22-16-13-17-23-32/h1,12-17,19-23,25-28,30,34H,10-11,18,24H2,2-8H3/b25-19+,29-26+/t27-,28-,30+,34+/m0/s1. The molecule has 3 nitrogen and oxygen atoms in total. The Balaban J connectivity index is 2.33. The first-order valence-electron chi connectivity index (χ1n) is 14.4. The maximum atomic E-state index is 12.7. The van der Waals surface area contributed by atoms with Crippen molar-refractivity contribution >= 4 is 47.3 Å². The summed E-state index contributed by atoms with van der Waals surface area (Å²) in [4.78, 5) is 12.7. The zero-order valence-electron chi connectivity index (χ0n) is 25.3. The molecular weight excluding hydrogens is 623 g/mol. The van der Waals surface area contributed by atoms with Crippen LogP contribution in [0, 0.1) is 24.2 Å². The third-order valence-electron chi connectivity index (χ3n) is 7.56. The van der Waals surface area contributed by atoms with E-state index in [1.54, 1.807) is 0 Å². The van der Waals surface area contributed by atoms with Gasteiger partial charge in [0.2, 0.25) is 0 Å². The van der Waals surface area contributed by atoms with Crippen LogP contribution in [0.1, 0.15) is 74.1 Å². The number of allylic oxidation sites excluding steroid dienone is 1. The van der Waals surface area contributed by atoms with Gasteiger partial charge >= 0.3 is 5.97 Å². The second kappa shape index (κ2) is 16.3. The molecule has 216 valence electrons. The zero-order chi connectivity index (χ0) is 29.8. The summed E-state index contributed by atoms with van der Waals surface area (Å²) in [5.41, 5.74) is 0.969. The molecule has 40 heavy (non-hydrogen) atoms. The topological polar surface area (TPSA) is 35.5 Å². The molecule has 0 saturated carbocycles. The summed E-state index contributed by atoms with van der Waals surface area (Å²) < 4.78 is 15.3. The van der Waals surface area contributed by atoms with Gasteiger partial charge in [0.1, 0.15) is 6.10 Å². The number of unbranched alkanes of at least 4 members (excludes halogenated alkanes) is 2. The first-order chi connectivity index (χ1) is 19.0. The molecule has 0 aliphatic carbocycles. The molecule has 0 bridgehead atoms. The Morgan fingerprint density at radius 3 is 2.02 bits per heavy atom. The number of terminal acetylenes is 1. The van der Waals surface area contributed by atoms with Crippen LogP contribution < -0.4 is 10.4 Å². The molecule has 0 fully saturated rings. The number of ether oxygens (including phenoxy) is 1. The molecule has 0 heterocycles. The summed E-state index contributed by atoms with van der Waals surface area (Å²) in [7, 11) is -2.69. The van der Waals surface area contributed by atoms with Crippen molar-refractivity contribution in [3.8, 4) is 12.3 Å². The van der Waals surface area contributed by atoms with Gasteiger partial charge in [0, 0.05) is 12.5 Å². The molecule has 0 saturated heterocycles. The van der Waals surface area contributed by atoms with Gasteiger partial charge in [0.15, 0.2) is 0 Å². The van der Waals surface area contributed by atoms with Crippen molar-refractivity contribution in [1.82, 2.24) is 0 Å². The van der Waals surface area contributed by atoms with Crippen molar-refractivity contribution in [2.45, 2.75) is 91.4 Å². The van der Waals surface area contributed by atoms with Crippen molar-refractivity contribution in [3.63, 3.8) is 0 Å². The van der Waals surface area contributed by atoms with Crippen LogP contribution in [0.2, 0.25) is 5.04 Å². The summed E-state index contributed by atoms with van der Waals surface area (Å²) in [6.07, 6.45) is 12.7. The Bertz CT molecular complexity index is 1110. The second-order valence-electron chi connectivity index (χ2n) is 11.7. The van der Waals surface area contributed by atoms with Gasteiger partial charge in [-0.2, -0.15) is 0 Å². The van der Waals surface area contributed by atoms with Gasteiger partial charge in [-0.1, -0.05) is 129 Å². The van der Waals surface area contributed by atoms with E-state index in [9.17, 15) is 4.79 Å². The van der Waals surface area contributed by atoms with Crippen LogP contribution in [-0.2, 0) is 14.0 Å². The number of carbonyl (C=O) groups is 1. The summed E-state index contributed by atoms with van der Waals surface area (Å²) >= 11 is 2.21. The van der Waals surface area contributed by atoms with E-state index in [4.69, 9.17) is 15.6 Å². The molecule has 5 heteroatoms. The molecule has 0 aromatic heterocycles. The van der Waals surface area contributed by atoms with E-state index in [1.165, 1.54) is 10.4 Å². The highest BCUT2D eigenvalue weighted by atomic mass is 127. The quantitative estimate of drug-likeness (QED) is 0.0508. The van der Waals surface area contributed by atoms with Crippen LogP contribution in [0.15, 0.2) is 82.5 Å². The van der Waals surface area contributed by atoms with Crippen LogP contribution >= 0.6 is 22.6 Å². The Morgan fingerprint density at radius 2 is 1.55 bits per heavy atom. The minimum absolute atomic E-state index is 0.0768.